The van der Waals surface area contributed by atoms with Crippen LogP contribution in [0, 0.1) is 5.41 Å². The molecule has 2 heterocycles. The molecule has 0 bridgehead atoms. The third-order valence-electron chi connectivity index (χ3n) is 4.55. The number of aryl methyl sites for hydroxylation is 1. The van der Waals surface area contributed by atoms with Gasteiger partial charge in [-0.15, -0.1) is 0 Å². The van der Waals surface area contributed by atoms with Crippen LogP contribution in [0.2, 0.25) is 0 Å². The van der Waals surface area contributed by atoms with E-state index in [9.17, 15) is 4.79 Å². The second kappa shape index (κ2) is 5.96. The molecule has 0 unspecified atom stereocenters. The Bertz CT molecular complexity index is 705. The maximum atomic E-state index is 12.3. The Morgan fingerprint density at radius 1 is 1.13 bits per heavy atom. The van der Waals surface area contributed by atoms with Crippen molar-refractivity contribution in [3.63, 3.8) is 0 Å². The number of fused-ring (bicyclic) bond motifs is 1. The molecule has 1 aromatic carbocycles. The normalized spacial score (nSPS) is 17.0. The molecular weight excluding hydrogens is 288 g/mol. The Balaban J connectivity index is 1.64. The Morgan fingerprint density at radius 2 is 1.78 bits per heavy atom. The van der Waals surface area contributed by atoms with Crippen LogP contribution in [0.15, 0.2) is 24.3 Å². The maximum Gasteiger partial charge on any atom is 0.228 e. The molecule has 0 aliphatic carbocycles. The van der Waals surface area contributed by atoms with Gasteiger partial charge in [0.05, 0.1) is 17.6 Å². The summed E-state index contributed by atoms with van der Waals surface area (Å²) >= 11 is 0. The van der Waals surface area contributed by atoms with Gasteiger partial charge in [0.25, 0.3) is 0 Å². The van der Waals surface area contributed by atoms with Crippen LogP contribution < -0.4 is 0 Å². The van der Waals surface area contributed by atoms with Crippen molar-refractivity contribution < 1.29 is 4.79 Å². The lowest BCUT2D eigenvalue weighted by atomic mass is 9.94. The highest BCUT2D eigenvalue weighted by molar-refractivity contribution is 5.81. The SMILES string of the molecule is Cn1c(CN2CCN(C(=O)C(C)(C)C)CC2)nc2ccccc21. The van der Waals surface area contributed by atoms with Gasteiger partial charge in [0.15, 0.2) is 0 Å². The lowest BCUT2D eigenvalue weighted by Gasteiger charge is -2.37. The molecule has 1 amide bonds. The van der Waals surface area contributed by atoms with Crippen molar-refractivity contribution in [3.8, 4) is 0 Å². The van der Waals surface area contributed by atoms with E-state index in [0.717, 1.165) is 44.1 Å². The highest BCUT2D eigenvalue weighted by Gasteiger charge is 2.29. The van der Waals surface area contributed by atoms with Crippen LogP contribution in [0.3, 0.4) is 0 Å². The Labute approximate surface area is 137 Å². The molecule has 1 saturated heterocycles. The molecule has 3 rings (SSSR count). The first-order valence-corrected chi connectivity index (χ1v) is 8.28. The van der Waals surface area contributed by atoms with Crippen LogP contribution >= 0.6 is 0 Å². The smallest absolute Gasteiger partial charge is 0.228 e. The van der Waals surface area contributed by atoms with Gasteiger partial charge in [0, 0.05) is 38.6 Å². The van der Waals surface area contributed by atoms with Crippen LogP contribution in [0.5, 0.6) is 0 Å². The van der Waals surface area contributed by atoms with Crippen molar-refractivity contribution in [2.75, 3.05) is 26.2 Å². The fourth-order valence-electron chi connectivity index (χ4n) is 3.12. The molecule has 2 aromatic rings. The third kappa shape index (κ3) is 3.24. The van der Waals surface area contributed by atoms with Crippen LogP contribution in [-0.4, -0.2) is 51.4 Å². The summed E-state index contributed by atoms with van der Waals surface area (Å²) in [6, 6.07) is 8.23. The van der Waals surface area contributed by atoms with E-state index in [-0.39, 0.29) is 11.3 Å². The maximum absolute atomic E-state index is 12.3. The summed E-state index contributed by atoms with van der Waals surface area (Å²) < 4.78 is 2.17. The minimum Gasteiger partial charge on any atom is -0.340 e. The monoisotopic (exact) mass is 314 g/mol. The van der Waals surface area contributed by atoms with E-state index < -0.39 is 0 Å². The minimum atomic E-state index is -0.292. The number of rotatable bonds is 2. The van der Waals surface area contributed by atoms with Gasteiger partial charge in [0.1, 0.15) is 5.82 Å². The minimum absolute atomic E-state index is 0.250. The van der Waals surface area contributed by atoms with Crippen molar-refractivity contribution >= 4 is 16.9 Å². The molecular formula is C18H26N4O. The molecule has 1 aromatic heterocycles. The number of hydrogen-bond acceptors (Lipinski definition) is 3. The molecule has 0 radical (unpaired) electrons. The lowest BCUT2D eigenvalue weighted by molar-refractivity contribution is -0.141. The fourth-order valence-corrected chi connectivity index (χ4v) is 3.12. The molecule has 0 N–H and O–H groups in total. The van der Waals surface area contributed by atoms with E-state index in [1.54, 1.807) is 0 Å². The predicted octanol–water partition coefficient (Wildman–Crippen LogP) is 2.26. The van der Waals surface area contributed by atoms with Crippen molar-refractivity contribution in [1.82, 2.24) is 19.4 Å². The van der Waals surface area contributed by atoms with Crippen molar-refractivity contribution in [1.29, 1.82) is 0 Å². The second-order valence-corrected chi connectivity index (χ2v) is 7.39. The zero-order valence-electron chi connectivity index (χ0n) is 14.5. The molecule has 1 aliphatic heterocycles. The molecule has 1 fully saturated rings. The molecule has 23 heavy (non-hydrogen) atoms. The van der Waals surface area contributed by atoms with Gasteiger partial charge in [-0.2, -0.15) is 0 Å². The van der Waals surface area contributed by atoms with Gasteiger partial charge in [-0.05, 0) is 12.1 Å². The summed E-state index contributed by atoms with van der Waals surface area (Å²) in [5.74, 6) is 1.33. The molecule has 0 spiro atoms. The average molecular weight is 314 g/mol. The van der Waals surface area contributed by atoms with Crippen LogP contribution in [0.25, 0.3) is 11.0 Å². The quantitative estimate of drug-likeness (QED) is 0.854. The molecule has 5 heteroatoms. The number of imidazole rings is 1. The van der Waals surface area contributed by atoms with Crippen LogP contribution in [0.1, 0.15) is 26.6 Å². The van der Waals surface area contributed by atoms with Crippen LogP contribution in [0.4, 0.5) is 0 Å². The summed E-state index contributed by atoms with van der Waals surface area (Å²) in [6.45, 7) is 10.2. The second-order valence-electron chi connectivity index (χ2n) is 7.39. The third-order valence-corrected chi connectivity index (χ3v) is 4.55. The van der Waals surface area contributed by atoms with E-state index >= 15 is 0 Å². The van der Waals surface area contributed by atoms with E-state index in [0.29, 0.717) is 0 Å². The van der Waals surface area contributed by atoms with Gasteiger partial charge in [-0.25, -0.2) is 4.98 Å². The number of benzene rings is 1. The summed E-state index contributed by atoms with van der Waals surface area (Å²) in [7, 11) is 2.07. The number of carbonyl (C=O) groups excluding carboxylic acids is 1. The molecule has 124 valence electrons. The largest absolute Gasteiger partial charge is 0.340 e. The molecule has 5 nitrogen and oxygen atoms in total. The number of aromatic nitrogens is 2. The standard InChI is InChI=1S/C18H26N4O/c1-18(2,3)17(23)22-11-9-21(10-12-22)13-16-19-14-7-5-6-8-15(14)20(16)4/h5-8H,9-13H2,1-4H3. The lowest BCUT2D eigenvalue weighted by Crippen LogP contribution is -2.51. The Hall–Kier alpha value is -1.88. The average Bonchev–Trinajstić information content (AvgIpc) is 2.83. The highest BCUT2D eigenvalue weighted by atomic mass is 16.2. The summed E-state index contributed by atoms with van der Waals surface area (Å²) in [5.41, 5.74) is 1.93. The van der Waals surface area contributed by atoms with Gasteiger partial charge in [-0.3, -0.25) is 9.69 Å². The predicted molar refractivity (Wildman–Crippen MR) is 92.0 cm³/mol. The zero-order valence-corrected chi connectivity index (χ0v) is 14.5. The highest BCUT2D eigenvalue weighted by Crippen LogP contribution is 2.20. The summed E-state index contributed by atoms with van der Waals surface area (Å²) in [5, 5.41) is 0. The van der Waals surface area contributed by atoms with Crippen molar-refractivity contribution in [2.24, 2.45) is 12.5 Å². The van der Waals surface area contributed by atoms with Gasteiger partial charge < -0.3 is 9.47 Å². The summed E-state index contributed by atoms with van der Waals surface area (Å²) in [6.07, 6.45) is 0. The van der Waals surface area contributed by atoms with E-state index in [4.69, 9.17) is 4.98 Å². The van der Waals surface area contributed by atoms with Crippen molar-refractivity contribution in [2.45, 2.75) is 27.3 Å². The first-order chi connectivity index (χ1) is 10.9. The first kappa shape index (κ1) is 16.0. The molecule has 1 aliphatic rings. The summed E-state index contributed by atoms with van der Waals surface area (Å²) in [4.78, 5) is 21.5. The van der Waals surface area contributed by atoms with Crippen molar-refractivity contribution in [3.05, 3.63) is 30.1 Å². The van der Waals surface area contributed by atoms with E-state index in [1.165, 1.54) is 5.52 Å². The first-order valence-electron chi connectivity index (χ1n) is 8.28. The number of carbonyl (C=O) groups is 1. The molecule has 0 atom stereocenters. The Kier molecular flexibility index (Phi) is 4.15. The van der Waals surface area contributed by atoms with Gasteiger partial charge >= 0.3 is 0 Å². The molecule has 0 saturated carbocycles. The Morgan fingerprint density at radius 3 is 2.39 bits per heavy atom. The van der Waals surface area contributed by atoms with Crippen LogP contribution in [-0.2, 0) is 18.4 Å². The fraction of sp³-hybridized carbons (Fsp3) is 0.556. The van der Waals surface area contributed by atoms with Gasteiger partial charge in [-0.1, -0.05) is 32.9 Å². The number of para-hydroxylation sites is 2. The number of nitrogens with zero attached hydrogens (tertiary/aromatic N) is 4. The van der Waals surface area contributed by atoms with Gasteiger partial charge in [0.2, 0.25) is 5.91 Å². The zero-order chi connectivity index (χ0) is 16.6. The van der Waals surface area contributed by atoms with E-state index in [2.05, 4.69) is 28.6 Å². The number of hydrogen-bond donors (Lipinski definition) is 0. The van der Waals surface area contributed by atoms with E-state index in [1.807, 2.05) is 37.8 Å². The number of piperazine rings is 1. The number of amides is 1. The topological polar surface area (TPSA) is 41.4 Å².